The lowest BCUT2D eigenvalue weighted by molar-refractivity contribution is -0.125. The molecule has 1 aliphatic rings. The van der Waals surface area contributed by atoms with Crippen LogP contribution in [-0.4, -0.2) is 19.1 Å². The molecule has 4 heteroatoms. The van der Waals surface area contributed by atoms with Gasteiger partial charge in [-0.05, 0) is 25.5 Å². The minimum absolute atomic E-state index is 0.0483. The molecule has 15 heavy (non-hydrogen) atoms. The number of anilines is 1. The molecule has 1 amide bonds. The minimum atomic E-state index is -0.471. The van der Waals surface area contributed by atoms with Gasteiger partial charge in [-0.3, -0.25) is 4.79 Å². The fourth-order valence-electron chi connectivity index (χ4n) is 1.78. The summed E-state index contributed by atoms with van der Waals surface area (Å²) in [7, 11) is 1.74. The highest BCUT2D eigenvalue weighted by atomic mass is 35.5. The van der Waals surface area contributed by atoms with E-state index in [2.05, 4.69) is 0 Å². The summed E-state index contributed by atoms with van der Waals surface area (Å²) in [5.74, 6) is 0.555. The van der Waals surface area contributed by atoms with Gasteiger partial charge in [-0.15, -0.1) is 0 Å². The van der Waals surface area contributed by atoms with E-state index >= 15 is 0 Å². The molecule has 1 aliphatic heterocycles. The number of rotatable bonds is 0. The Kier molecular flexibility index (Phi) is 2.35. The molecule has 2 rings (SSSR count). The van der Waals surface area contributed by atoms with Crippen molar-refractivity contribution >= 4 is 23.2 Å². The maximum Gasteiger partial charge on any atom is 0.267 e. The number of nitrogens with zero attached hydrogens (tertiary/aromatic N) is 1. The van der Waals surface area contributed by atoms with Crippen LogP contribution in [0.1, 0.15) is 12.5 Å². The molecule has 0 N–H and O–H groups in total. The van der Waals surface area contributed by atoms with Crippen LogP contribution in [0.3, 0.4) is 0 Å². The minimum Gasteiger partial charge on any atom is -0.477 e. The molecular formula is C11H12ClNO2. The van der Waals surface area contributed by atoms with Gasteiger partial charge >= 0.3 is 0 Å². The van der Waals surface area contributed by atoms with Gasteiger partial charge in [0.15, 0.2) is 11.9 Å². The lowest BCUT2D eigenvalue weighted by Gasteiger charge is -2.32. The third kappa shape index (κ3) is 1.47. The first kappa shape index (κ1) is 10.3. The van der Waals surface area contributed by atoms with E-state index in [0.717, 1.165) is 11.3 Å². The number of halogens is 1. The highest BCUT2D eigenvalue weighted by Crippen LogP contribution is 2.41. The predicted molar refractivity (Wildman–Crippen MR) is 59.7 cm³/mol. The number of hydrogen-bond donors (Lipinski definition) is 0. The van der Waals surface area contributed by atoms with Gasteiger partial charge < -0.3 is 9.64 Å². The number of ether oxygens (including phenoxy) is 1. The normalized spacial score (nSPS) is 19.9. The standard InChI is InChI=1S/C11H12ClNO2/c1-6-4-5-8(12)10-9(6)13(3)11(14)7(2)15-10/h4-5,7H,1-3H3. The van der Waals surface area contributed by atoms with Crippen molar-refractivity contribution in [2.45, 2.75) is 20.0 Å². The number of fused-ring (bicyclic) bond motifs is 1. The van der Waals surface area contributed by atoms with Crippen molar-refractivity contribution in [3.8, 4) is 5.75 Å². The van der Waals surface area contributed by atoms with Gasteiger partial charge in [0.2, 0.25) is 0 Å². The molecule has 1 heterocycles. The lowest BCUT2D eigenvalue weighted by atomic mass is 10.1. The topological polar surface area (TPSA) is 29.5 Å². The zero-order valence-electron chi connectivity index (χ0n) is 8.87. The van der Waals surface area contributed by atoms with Crippen LogP contribution in [-0.2, 0) is 4.79 Å². The van der Waals surface area contributed by atoms with Crippen LogP contribution in [0.15, 0.2) is 12.1 Å². The summed E-state index contributed by atoms with van der Waals surface area (Å²) in [6, 6.07) is 3.66. The molecule has 80 valence electrons. The molecule has 1 atom stereocenters. The molecule has 0 radical (unpaired) electrons. The Labute approximate surface area is 93.6 Å². The average Bonchev–Trinajstić information content (AvgIpc) is 2.20. The van der Waals surface area contributed by atoms with Gasteiger partial charge in [0.25, 0.3) is 5.91 Å². The fraction of sp³-hybridized carbons (Fsp3) is 0.364. The fourth-order valence-corrected chi connectivity index (χ4v) is 1.98. The Morgan fingerprint density at radius 3 is 2.80 bits per heavy atom. The zero-order valence-corrected chi connectivity index (χ0v) is 9.63. The molecule has 0 saturated heterocycles. The van der Waals surface area contributed by atoms with Crippen LogP contribution < -0.4 is 9.64 Å². The second-order valence-corrected chi connectivity index (χ2v) is 4.11. The second kappa shape index (κ2) is 3.42. The molecule has 1 aromatic carbocycles. The summed E-state index contributed by atoms with van der Waals surface area (Å²) in [5.41, 5.74) is 1.75. The van der Waals surface area contributed by atoms with Crippen molar-refractivity contribution in [2.75, 3.05) is 11.9 Å². The van der Waals surface area contributed by atoms with Crippen LogP contribution in [0.4, 0.5) is 5.69 Å². The van der Waals surface area contributed by atoms with Crippen LogP contribution in [0.2, 0.25) is 5.02 Å². The molecule has 0 saturated carbocycles. The third-order valence-electron chi connectivity index (χ3n) is 2.59. The number of amides is 1. The summed E-state index contributed by atoms with van der Waals surface area (Å²) >= 11 is 6.03. The van der Waals surface area contributed by atoms with Gasteiger partial charge in [-0.2, -0.15) is 0 Å². The molecule has 0 spiro atoms. The monoisotopic (exact) mass is 225 g/mol. The smallest absolute Gasteiger partial charge is 0.267 e. The summed E-state index contributed by atoms with van der Waals surface area (Å²) < 4.78 is 5.50. The Bertz CT molecular complexity index is 431. The maximum absolute atomic E-state index is 11.7. The predicted octanol–water partition coefficient (Wildman–Crippen LogP) is 2.39. The van der Waals surface area contributed by atoms with Crippen molar-refractivity contribution in [3.05, 3.63) is 22.7 Å². The number of likely N-dealkylation sites (N-methyl/N-ethyl adjacent to an activating group) is 1. The Morgan fingerprint density at radius 2 is 2.13 bits per heavy atom. The van der Waals surface area contributed by atoms with Crippen LogP contribution in [0.25, 0.3) is 0 Å². The molecule has 1 aromatic rings. The average molecular weight is 226 g/mol. The number of hydrogen-bond acceptors (Lipinski definition) is 2. The van der Waals surface area contributed by atoms with E-state index in [1.807, 2.05) is 13.0 Å². The van der Waals surface area contributed by atoms with Crippen molar-refractivity contribution < 1.29 is 9.53 Å². The zero-order chi connectivity index (χ0) is 11.2. The molecule has 3 nitrogen and oxygen atoms in total. The molecular weight excluding hydrogens is 214 g/mol. The van der Waals surface area contributed by atoms with E-state index in [-0.39, 0.29) is 5.91 Å². The highest BCUT2D eigenvalue weighted by Gasteiger charge is 2.31. The second-order valence-electron chi connectivity index (χ2n) is 3.70. The van der Waals surface area contributed by atoms with Crippen molar-refractivity contribution in [3.63, 3.8) is 0 Å². The van der Waals surface area contributed by atoms with Gasteiger partial charge in [0.1, 0.15) is 0 Å². The van der Waals surface area contributed by atoms with Gasteiger partial charge in [-0.1, -0.05) is 17.7 Å². The number of carbonyl (C=O) groups excluding carboxylic acids is 1. The Hall–Kier alpha value is -1.22. The molecule has 0 aliphatic carbocycles. The van der Waals surface area contributed by atoms with Crippen molar-refractivity contribution in [2.24, 2.45) is 0 Å². The molecule has 0 fully saturated rings. The lowest BCUT2D eigenvalue weighted by Crippen LogP contribution is -2.42. The number of aryl methyl sites for hydroxylation is 1. The van der Waals surface area contributed by atoms with Crippen LogP contribution in [0.5, 0.6) is 5.75 Å². The van der Waals surface area contributed by atoms with E-state index in [4.69, 9.17) is 16.3 Å². The van der Waals surface area contributed by atoms with Crippen molar-refractivity contribution in [1.82, 2.24) is 0 Å². The van der Waals surface area contributed by atoms with E-state index in [1.54, 1.807) is 24.9 Å². The van der Waals surface area contributed by atoms with Gasteiger partial charge in [-0.25, -0.2) is 0 Å². The quantitative estimate of drug-likeness (QED) is 0.679. The molecule has 0 aromatic heterocycles. The largest absolute Gasteiger partial charge is 0.477 e. The van der Waals surface area contributed by atoms with Gasteiger partial charge in [0.05, 0.1) is 10.7 Å². The Balaban J connectivity index is 2.64. The summed E-state index contributed by atoms with van der Waals surface area (Å²) in [4.78, 5) is 13.3. The molecule has 1 unspecified atom stereocenters. The van der Waals surface area contributed by atoms with E-state index in [1.165, 1.54) is 0 Å². The van der Waals surface area contributed by atoms with E-state index < -0.39 is 6.10 Å². The first-order valence-corrected chi connectivity index (χ1v) is 5.13. The highest BCUT2D eigenvalue weighted by molar-refractivity contribution is 6.33. The first-order valence-electron chi connectivity index (χ1n) is 4.75. The van der Waals surface area contributed by atoms with E-state index in [0.29, 0.717) is 10.8 Å². The third-order valence-corrected chi connectivity index (χ3v) is 2.89. The first-order chi connectivity index (χ1) is 7.02. The van der Waals surface area contributed by atoms with Gasteiger partial charge in [0, 0.05) is 7.05 Å². The number of benzene rings is 1. The van der Waals surface area contributed by atoms with Crippen molar-refractivity contribution in [1.29, 1.82) is 0 Å². The van der Waals surface area contributed by atoms with Crippen LogP contribution in [0, 0.1) is 6.92 Å². The Morgan fingerprint density at radius 1 is 1.47 bits per heavy atom. The maximum atomic E-state index is 11.7. The molecule has 0 bridgehead atoms. The summed E-state index contributed by atoms with van der Waals surface area (Å²) in [5, 5.41) is 0.543. The summed E-state index contributed by atoms with van der Waals surface area (Å²) in [6.45, 7) is 3.65. The number of carbonyl (C=O) groups is 1. The summed E-state index contributed by atoms with van der Waals surface area (Å²) in [6.07, 6.45) is -0.471. The van der Waals surface area contributed by atoms with E-state index in [9.17, 15) is 4.79 Å². The van der Waals surface area contributed by atoms with Crippen LogP contribution >= 0.6 is 11.6 Å². The SMILES string of the molecule is Cc1ccc(Cl)c2c1N(C)C(=O)C(C)O2.